The highest BCUT2D eigenvalue weighted by Crippen LogP contribution is 2.18. The Morgan fingerprint density at radius 1 is 1.62 bits per heavy atom. The Labute approximate surface area is 47.1 Å². The van der Waals surface area contributed by atoms with Gasteiger partial charge in [-0.25, -0.2) is 5.16 Å². The van der Waals surface area contributed by atoms with Crippen LogP contribution in [0.15, 0.2) is 23.1 Å². The van der Waals surface area contributed by atoms with Gasteiger partial charge in [0.1, 0.15) is 0 Å². The zero-order chi connectivity index (χ0) is 5.40. The van der Waals surface area contributed by atoms with Crippen molar-refractivity contribution in [3.63, 3.8) is 0 Å². The predicted molar refractivity (Wildman–Crippen MR) is 28.6 cm³/mol. The fourth-order valence-electron chi connectivity index (χ4n) is 0.674. The lowest BCUT2D eigenvalue weighted by atomic mass is 10.3. The first-order valence-electron chi connectivity index (χ1n) is 2.33. The van der Waals surface area contributed by atoms with Gasteiger partial charge in [0.15, 0.2) is 5.76 Å². The molecule has 0 aliphatic carbocycles. The minimum absolute atomic E-state index is 0. The maximum atomic E-state index is 4.87. The van der Waals surface area contributed by atoms with Gasteiger partial charge in [0.05, 0.1) is 11.8 Å². The molecule has 2 aliphatic heterocycles. The molecule has 0 amide bonds. The number of H-pyrrole nitrogens is 1. The molecule has 0 spiro atoms. The van der Waals surface area contributed by atoms with Crippen LogP contribution in [0.4, 0.5) is 0 Å². The number of hydrogen-bond donors (Lipinski definition) is 1. The molecule has 0 aromatic carbocycles. The minimum Gasteiger partial charge on any atom is -0.380 e. The van der Waals surface area contributed by atoms with Gasteiger partial charge in [-0.1, -0.05) is 0 Å². The third-order valence-electron chi connectivity index (χ3n) is 1.07. The van der Waals surface area contributed by atoms with Crippen LogP contribution in [0.5, 0.6) is 0 Å². The van der Waals surface area contributed by atoms with Gasteiger partial charge in [-0.05, 0) is 0 Å². The van der Waals surface area contributed by atoms with Crippen molar-refractivity contribution >= 4 is 0 Å². The van der Waals surface area contributed by atoms with Gasteiger partial charge >= 0.3 is 1.43 Å². The number of hydrogen-bond acceptors (Lipinski definition) is 2. The second kappa shape index (κ2) is 1.12. The quantitative estimate of drug-likeness (QED) is 0.552. The van der Waals surface area contributed by atoms with Crippen molar-refractivity contribution < 1.29 is 5.95 Å². The van der Waals surface area contributed by atoms with Gasteiger partial charge in [0.2, 0.25) is 0 Å². The number of aromatic amines is 1. The maximum Gasteiger partial charge on any atom is 1.00 e. The summed E-state index contributed by atoms with van der Waals surface area (Å²) in [6.45, 7) is 0. The van der Waals surface area contributed by atoms with Crippen LogP contribution in [0.1, 0.15) is 1.43 Å². The first kappa shape index (κ1) is 3.72. The second-order valence-corrected chi connectivity index (χ2v) is 1.59. The molecule has 8 heavy (non-hydrogen) atoms. The number of fused-ring (bicyclic) bond motifs is 1. The van der Waals surface area contributed by atoms with Gasteiger partial charge in [0, 0.05) is 12.4 Å². The molecule has 2 aliphatic rings. The predicted octanol–water partition coefficient (Wildman–Crippen LogP) is 1.22. The van der Waals surface area contributed by atoms with Crippen molar-refractivity contribution in [2.24, 2.45) is 0 Å². The van der Waals surface area contributed by atoms with E-state index in [0.717, 1.165) is 11.3 Å². The summed E-state index contributed by atoms with van der Waals surface area (Å²) in [4.78, 5) is 3.85. The number of nitrogens with zero attached hydrogens (tertiary/aromatic N) is 1. The zero-order valence-corrected chi connectivity index (χ0v) is 4.09. The average Bonchev–Trinajstić information content (AvgIpc) is 2.15. The lowest BCUT2D eigenvalue weighted by Crippen LogP contribution is -1.52. The standard InChI is InChI=1S/C5H4N2O/c1-4-2-7-8-5(4)3-6-1/h1-3,7H/p+1. The highest BCUT2D eigenvalue weighted by Gasteiger charge is 2.03. The maximum absolute atomic E-state index is 4.87. The first-order valence-corrected chi connectivity index (χ1v) is 2.33. The van der Waals surface area contributed by atoms with Crippen LogP contribution < -0.4 is 0 Å². The lowest BCUT2D eigenvalue weighted by Gasteiger charge is -1.71. The molecule has 0 saturated carbocycles. The highest BCUT2D eigenvalue weighted by molar-refractivity contribution is 5.54. The third-order valence-corrected chi connectivity index (χ3v) is 1.07. The first-order chi connectivity index (χ1) is 3.97. The summed E-state index contributed by atoms with van der Waals surface area (Å²) < 4.78 is 4.87. The van der Waals surface area contributed by atoms with E-state index in [4.69, 9.17) is 4.52 Å². The Balaban J connectivity index is 0.000000405. The molecule has 40 valence electrons. The number of rotatable bonds is 0. The largest absolute Gasteiger partial charge is 1.00 e. The van der Waals surface area contributed by atoms with Crippen molar-refractivity contribution in [2.75, 3.05) is 0 Å². The van der Waals surface area contributed by atoms with Crippen molar-refractivity contribution in [1.82, 2.24) is 10.1 Å². The highest BCUT2D eigenvalue weighted by atomic mass is 16.5. The molecule has 0 fully saturated rings. The van der Waals surface area contributed by atoms with Crippen molar-refractivity contribution in [2.45, 2.75) is 0 Å². The van der Waals surface area contributed by atoms with E-state index in [0.29, 0.717) is 0 Å². The Kier molecular flexibility index (Phi) is 0.521. The van der Waals surface area contributed by atoms with E-state index in [1.54, 1.807) is 18.6 Å². The fraction of sp³-hybridized carbons (Fsp3) is 0. The Hall–Kier alpha value is -1.25. The smallest absolute Gasteiger partial charge is 0.380 e. The monoisotopic (exact) mass is 109 g/mol. The summed E-state index contributed by atoms with van der Waals surface area (Å²) in [5, 5.41) is 2.60. The summed E-state index contributed by atoms with van der Waals surface area (Å²) in [6.07, 6.45) is 5.18. The van der Waals surface area contributed by atoms with Crippen molar-refractivity contribution in [3.05, 3.63) is 18.6 Å². The Morgan fingerprint density at radius 2 is 2.62 bits per heavy atom. The normalized spacial score (nSPS) is 10.5. The molecule has 3 nitrogen and oxygen atoms in total. The topological polar surface area (TPSA) is 41.8 Å². The summed E-state index contributed by atoms with van der Waals surface area (Å²) in [7, 11) is 0. The van der Waals surface area contributed by atoms with Crippen LogP contribution >= 0.6 is 0 Å². The molecule has 0 aromatic rings. The molecule has 2 rings (SSSR count). The molecule has 0 unspecified atom stereocenters. The van der Waals surface area contributed by atoms with Gasteiger partial charge in [-0.3, -0.25) is 4.98 Å². The molecule has 1 N–H and O–H groups in total. The molecular formula is C5H5N2O+. The van der Waals surface area contributed by atoms with Crippen LogP contribution in [-0.2, 0) is 0 Å². The van der Waals surface area contributed by atoms with Gasteiger partial charge in [-0.2, -0.15) is 0 Å². The summed E-state index contributed by atoms with van der Waals surface area (Å²) in [6, 6.07) is 0. The van der Waals surface area contributed by atoms with Crippen LogP contribution in [0.25, 0.3) is 11.3 Å². The second-order valence-electron chi connectivity index (χ2n) is 1.59. The van der Waals surface area contributed by atoms with E-state index in [1.807, 2.05) is 0 Å². The van der Waals surface area contributed by atoms with Crippen molar-refractivity contribution in [1.29, 1.82) is 0 Å². The molecule has 0 bridgehead atoms. The summed E-state index contributed by atoms with van der Waals surface area (Å²) >= 11 is 0. The van der Waals surface area contributed by atoms with E-state index in [2.05, 4.69) is 10.1 Å². The molecule has 2 heterocycles. The van der Waals surface area contributed by atoms with Crippen LogP contribution in [0.3, 0.4) is 0 Å². The lowest BCUT2D eigenvalue weighted by molar-refractivity contribution is 0.434. The molecule has 0 atom stereocenters. The molecule has 3 heteroatoms. The average molecular weight is 109 g/mol. The zero-order valence-electron chi connectivity index (χ0n) is 5.09. The Morgan fingerprint density at radius 3 is 3.50 bits per heavy atom. The summed E-state index contributed by atoms with van der Waals surface area (Å²) in [5.74, 6) is 0.810. The molecule has 0 radical (unpaired) electrons. The SMILES string of the molecule is [H+].c1ncc2o[nH]cc1-2. The molecule has 0 aromatic heterocycles. The van der Waals surface area contributed by atoms with Crippen LogP contribution in [0.2, 0.25) is 0 Å². The molecular weight excluding hydrogens is 104 g/mol. The van der Waals surface area contributed by atoms with Crippen molar-refractivity contribution in [3.8, 4) is 11.3 Å². The van der Waals surface area contributed by atoms with Crippen LogP contribution in [0, 0.1) is 0 Å². The van der Waals surface area contributed by atoms with Crippen LogP contribution in [-0.4, -0.2) is 10.1 Å². The van der Waals surface area contributed by atoms with Gasteiger partial charge < -0.3 is 4.52 Å². The van der Waals surface area contributed by atoms with Gasteiger partial charge in [-0.15, -0.1) is 0 Å². The van der Waals surface area contributed by atoms with Gasteiger partial charge in [0.25, 0.3) is 0 Å². The minimum atomic E-state index is 0. The van der Waals surface area contributed by atoms with E-state index in [1.165, 1.54) is 0 Å². The third kappa shape index (κ3) is 0.307. The van der Waals surface area contributed by atoms with E-state index in [9.17, 15) is 0 Å². The van der Waals surface area contributed by atoms with E-state index < -0.39 is 0 Å². The fourth-order valence-corrected chi connectivity index (χ4v) is 0.674. The van der Waals surface area contributed by atoms with E-state index >= 15 is 0 Å². The Bertz CT molecular complexity index is 206. The number of aromatic nitrogens is 2. The van der Waals surface area contributed by atoms with E-state index in [-0.39, 0.29) is 1.43 Å². The molecule has 0 saturated heterocycles. The summed E-state index contributed by atoms with van der Waals surface area (Å²) in [5.41, 5.74) is 1.02. The number of nitrogens with one attached hydrogen (secondary N) is 1.